The Bertz CT molecular complexity index is 1520. The summed E-state index contributed by atoms with van der Waals surface area (Å²) in [5, 5.41) is 3.52. The molecule has 0 saturated carbocycles. The van der Waals surface area contributed by atoms with Crippen LogP contribution >= 0.6 is 23.2 Å². The van der Waals surface area contributed by atoms with Gasteiger partial charge in [0.05, 0.1) is 10.6 Å². The van der Waals surface area contributed by atoms with Crippen molar-refractivity contribution in [3.05, 3.63) is 87.9 Å². The zero-order chi connectivity index (χ0) is 27.5. The molecule has 3 aromatic rings. The molecule has 0 spiro atoms. The highest BCUT2D eigenvalue weighted by Crippen LogP contribution is 2.27. The molecule has 0 unspecified atom stereocenters. The van der Waals surface area contributed by atoms with Gasteiger partial charge in [-0.05, 0) is 73.9 Å². The maximum Gasteiger partial charge on any atom is 0.261 e. The molecule has 2 N–H and O–H groups in total. The Morgan fingerprint density at radius 1 is 0.895 bits per heavy atom. The average molecular weight is 597 g/mol. The van der Waals surface area contributed by atoms with E-state index in [-0.39, 0.29) is 35.6 Å². The second-order valence-electron chi connectivity index (χ2n) is 9.15. The molecule has 3 aromatic carbocycles. The second-order valence-corrected chi connectivity index (χ2v) is 13.6. The van der Waals surface area contributed by atoms with Crippen LogP contribution < -0.4 is 10.0 Å². The molecule has 0 bridgehead atoms. The number of benzene rings is 3. The Morgan fingerprint density at radius 3 is 2.11 bits per heavy atom. The summed E-state index contributed by atoms with van der Waals surface area (Å²) in [4.78, 5) is 12.9. The number of amides is 1. The summed E-state index contributed by atoms with van der Waals surface area (Å²) in [6.07, 6.45) is 0.735. The van der Waals surface area contributed by atoms with Crippen LogP contribution in [-0.2, 0) is 30.6 Å². The van der Waals surface area contributed by atoms with Crippen LogP contribution in [0.1, 0.15) is 24.0 Å². The number of anilines is 2. The highest BCUT2D eigenvalue weighted by Gasteiger charge is 2.31. The normalized spacial score (nSPS) is 15.2. The topological polar surface area (TPSA) is 113 Å². The number of nitrogens with one attached hydrogen (secondary N) is 2. The summed E-state index contributed by atoms with van der Waals surface area (Å²) in [6.45, 7) is 2.34. The molecule has 38 heavy (non-hydrogen) atoms. The lowest BCUT2D eigenvalue weighted by Crippen LogP contribution is -2.41. The standard InChI is InChI=1S/C26H27Cl2N3O5S2/c1-18-2-6-23(7-3-18)30-38(35,36)24-10-8-22(9-11-24)29-26(32)19-12-14-31(15-13-19)37(33,34)17-20-4-5-21(27)16-25(20)28/h2-11,16,19,30H,12-15,17H2,1H3,(H,29,32). The molecule has 0 atom stereocenters. The predicted molar refractivity (Wildman–Crippen MR) is 150 cm³/mol. The SMILES string of the molecule is Cc1ccc(NS(=O)(=O)c2ccc(NC(=O)C3CCN(S(=O)(=O)Cc4ccc(Cl)cc4Cl)CC3)cc2)cc1. The Hall–Kier alpha value is -2.63. The summed E-state index contributed by atoms with van der Waals surface area (Å²) in [7, 11) is -7.39. The second kappa shape index (κ2) is 11.6. The van der Waals surface area contributed by atoms with Crippen LogP contribution in [0.4, 0.5) is 11.4 Å². The van der Waals surface area contributed by atoms with Crippen molar-refractivity contribution in [3.8, 4) is 0 Å². The van der Waals surface area contributed by atoms with Gasteiger partial charge in [-0.1, -0.05) is 47.0 Å². The van der Waals surface area contributed by atoms with Crippen molar-refractivity contribution in [3.63, 3.8) is 0 Å². The minimum atomic E-state index is -3.78. The fourth-order valence-electron chi connectivity index (χ4n) is 4.12. The summed E-state index contributed by atoms with van der Waals surface area (Å²) in [5.74, 6) is -0.850. The Labute approximate surface area is 233 Å². The Morgan fingerprint density at radius 2 is 1.50 bits per heavy atom. The Kier molecular flexibility index (Phi) is 8.68. The van der Waals surface area contributed by atoms with Crippen LogP contribution in [0.25, 0.3) is 0 Å². The van der Waals surface area contributed by atoms with E-state index in [4.69, 9.17) is 23.2 Å². The fourth-order valence-corrected chi connectivity index (χ4v) is 7.33. The van der Waals surface area contributed by atoms with Crippen LogP contribution in [0.3, 0.4) is 0 Å². The van der Waals surface area contributed by atoms with Crippen LogP contribution in [-0.4, -0.2) is 40.1 Å². The van der Waals surface area contributed by atoms with E-state index in [0.717, 1.165) is 5.56 Å². The molecule has 4 rings (SSSR count). The molecular formula is C26H27Cl2N3O5S2. The van der Waals surface area contributed by atoms with E-state index >= 15 is 0 Å². The predicted octanol–water partition coefficient (Wildman–Crippen LogP) is 5.28. The number of nitrogens with zero attached hydrogens (tertiary/aromatic N) is 1. The zero-order valence-corrected chi connectivity index (χ0v) is 23.7. The summed E-state index contributed by atoms with van der Waals surface area (Å²) >= 11 is 12.0. The van der Waals surface area contributed by atoms with Crippen molar-refractivity contribution < 1.29 is 21.6 Å². The molecule has 0 aliphatic carbocycles. The van der Waals surface area contributed by atoms with Gasteiger partial charge in [-0.15, -0.1) is 0 Å². The molecule has 1 aliphatic rings. The number of hydrogen-bond donors (Lipinski definition) is 2. The quantitative estimate of drug-likeness (QED) is 0.367. The first-order valence-electron chi connectivity index (χ1n) is 11.9. The van der Waals surface area contributed by atoms with Gasteiger partial charge in [-0.25, -0.2) is 21.1 Å². The lowest BCUT2D eigenvalue weighted by atomic mass is 9.97. The third-order valence-electron chi connectivity index (χ3n) is 6.31. The van der Waals surface area contributed by atoms with Crippen molar-refractivity contribution in [2.24, 2.45) is 5.92 Å². The number of rotatable bonds is 8. The van der Waals surface area contributed by atoms with Gasteiger partial charge in [0.15, 0.2) is 0 Å². The Balaban J connectivity index is 1.31. The third kappa shape index (κ3) is 7.06. The number of piperidine rings is 1. The maximum absolute atomic E-state index is 12.9. The first-order chi connectivity index (χ1) is 17.9. The monoisotopic (exact) mass is 595 g/mol. The minimum Gasteiger partial charge on any atom is -0.326 e. The number of halogens is 2. The highest BCUT2D eigenvalue weighted by atomic mass is 35.5. The van der Waals surface area contributed by atoms with Gasteiger partial charge in [0.1, 0.15) is 0 Å². The number of aryl methyl sites for hydroxylation is 1. The fraction of sp³-hybridized carbons (Fsp3) is 0.269. The molecule has 1 aliphatic heterocycles. The number of sulfonamides is 2. The van der Waals surface area contributed by atoms with Gasteiger partial charge < -0.3 is 5.32 Å². The van der Waals surface area contributed by atoms with Crippen LogP contribution in [0.2, 0.25) is 10.0 Å². The van der Waals surface area contributed by atoms with E-state index in [1.165, 1.54) is 34.6 Å². The van der Waals surface area contributed by atoms with Gasteiger partial charge in [-0.3, -0.25) is 9.52 Å². The van der Waals surface area contributed by atoms with E-state index in [1.807, 2.05) is 19.1 Å². The lowest BCUT2D eigenvalue weighted by molar-refractivity contribution is -0.120. The van der Waals surface area contributed by atoms with Crippen molar-refractivity contribution >= 4 is 60.5 Å². The molecular weight excluding hydrogens is 569 g/mol. The van der Waals surface area contributed by atoms with Gasteiger partial charge in [0.25, 0.3) is 10.0 Å². The van der Waals surface area contributed by atoms with Crippen LogP contribution in [0.5, 0.6) is 0 Å². The molecule has 202 valence electrons. The molecule has 0 aromatic heterocycles. The highest BCUT2D eigenvalue weighted by molar-refractivity contribution is 7.92. The molecule has 1 saturated heterocycles. The molecule has 1 heterocycles. The first-order valence-corrected chi connectivity index (χ1v) is 15.7. The van der Waals surface area contributed by atoms with Gasteiger partial charge in [-0.2, -0.15) is 0 Å². The first kappa shape index (κ1) is 28.4. The summed E-state index contributed by atoms with van der Waals surface area (Å²) in [5.41, 5.74) is 2.40. The van der Waals surface area contributed by atoms with Gasteiger partial charge >= 0.3 is 0 Å². The van der Waals surface area contributed by atoms with Crippen LogP contribution in [0.15, 0.2) is 71.6 Å². The van der Waals surface area contributed by atoms with Gasteiger partial charge in [0, 0.05) is 40.4 Å². The van der Waals surface area contributed by atoms with Crippen molar-refractivity contribution in [2.45, 2.75) is 30.4 Å². The van der Waals surface area contributed by atoms with Crippen molar-refractivity contribution in [1.29, 1.82) is 0 Å². The van der Waals surface area contributed by atoms with Crippen molar-refractivity contribution in [1.82, 2.24) is 4.31 Å². The van der Waals surface area contributed by atoms with Gasteiger partial charge in [0.2, 0.25) is 15.9 Å². The number of hydrogen-bond acceptors (Lipinski definition) is 5. The molecule has 1 amide bonds. The lowest BCUT2D eigenvalue weighted by Gasteiger charge is -2.30. The molecule has 12 heteroatoms. The summed E-state index contributed by atoms with van der Waals surface area (Å²) in [6, 6.07) is 17.6. The third-order valence-corrected chi connectivity index (χ3v) is 10.1. The average Bonchev–Trinajstić information content (AvgIpc) is 2.87. The van der Waals surface area contributed by atoms with E-state index in [1.54, 1.807) is 24.3 Å². The maximum atomic E-state index is 12.9. The molecule has 8 nitrogen and oxygen atoms in total. The van der Waals surface area contributed by atoms with E-state index < -0.39 is 20.0 Å². The molecule has 0 radical (unpaired) electrons. The van der Waals surface area contributed by atoms with E-state index in [0.29, 0.717) is 39.8 Å². The van der Waals surface area contributed by atoms with E-state index in [2.05, 4.69) is 10.0 Å². The van der Waals surface area contributed by atoms with E-state index in [9.17, 15) is 21.6 Å². The van der Waals surface area contributed by atoms with Crippen LogP contribution in [0, 0.1) is 12.8 Å². The number of carbonyl (C=O) groups is 1. The summed E-state index contributed by atoms with van der Waals surface area (Å²) < 4.78 is 55.0. The zero-order valence-electron chi connectivity index (χ0n) is 20.5. The van der Waals surface area contributed by atoms with Crippen molar-refractivity contribution in [2.75, 3.05) is 23.1 Å². The smallest absolute Gasteiger partial charge is 0.261 e. The molecule has 1 fully saturated rings. The minimum absolute atomic E-state index is 0.0652. The largest absolute Gasteiger partial charge is 0.326 e. The number of carbonyl (C=O) groups excluding carboxylic acids is 1.